The van der Waals surface area contributed by atoms with Crippen molar-refractivity contribution in [3.05, 3.63) is 29.8 Å². The number of benzene rings is 1. The molecule has 0 fully saturated rings. The van der Waals surface area contributed by atoms with E-state index in [4.69, 9.17) is 0 Å². The van der Waals surface area contributed by atoms with Gasteiger partial charge in [-0.1, -0.05) is 77.6 Å². The van der Waals surface area contributed by atoms with Crippen LogP contribution in [0.4, 0.5) is 5.69 Å². The first-order valence-corrected chi connectivity index (χ1v) is 3.49. The molecule has 2 N–H and O–H groups in total. The summed E-state index contributed by atoms with van der Waals surface area (Å²) in [6.07, 6.45) is 0. The molecule has 0 radical (unpaired) electrons. The van der Waals surface area contributed by atoms with E-state index in [9.17, 15) is 0 Å². The molecule has 18 heavy (non-hydrogen) atoms. The molecule has 116 valence electrons. The van der Waals surface area contributed by atoms with E-state index in [1.807, 2.05) is 0 Å². The average Bonchev–Trinajstić information content (AvgIpc) is 2.05. The fraction of sp³-hybridized carbons (Fsp3) is 0.625. The van der Waals surface area contributed by atoms with Gasteiger partial charge in [-0.2, -0.15) is 0 Å². The summed E-state index contributed by atoms with van der Waals surface area (Å²) < 4.78 is 0. The van der Waals surface area contributed by atoms with E-state index in [0.29, 0.717) is 0 Å². The summed E-state index contributed by atoms with van der Waals surface area (Å²) in [6.45, 7) is 1.88. The first-order chi connectivity index (χ1) is 4.97. The number of hydrogen-bond donors (Lipinski definition) is 2. The lowest BCUT2D eigenvalue weighted by Crippen LogP contribution is -2.27. The molecule has 0 unspecified atom stereocenters. The normalized spacial score (nSPS) is 8.67. The van der Waals surface area contributed by atoms with E-state index in [0.717, 1.165) is 13.2 Å². The summed E-state index contributed by atoms with van der Waals surface area (Å²) in [5.41, 5.74) is 2.62. The summed E-state index contributed by atoms with van der Waals surface area (Å²) >= 11 is 0. The highest BCUT2D eigenvalue weighted by Crippen LogP contribution is 2.16. The first-order valence-electron chi connectivity index (χ1n) is 3.49. The summed E-state index contributed by atoms with van der Waals surface area (Å²) in [5, 5.41) is 6.48. The van der Waals surface area contributed by atoms with Crippen molar-refractivity contribution in [2.45, 2.75) is 66.0 Å². The Labute approximate surface area is 119 Å². The SMILES string of the molecule is C.C.C.C.C.C.C.C.c1ccc2c(c1)CNCN2. The van der Waals surface area contributed by atoms with Gasteiger partial charge in [0.05, 0.1) is 6.67 Å². The van der Waals surface area contributed by atoms with Crippen LogP contribution in [0.5, 0.6) is 0 Å². The van der Waals surface area contributed by atoms with Crippen molar-refractivity contribution < 1.29 is 0 Å². The molecule has 2 heteroatoms. The Bertz CT molecular complexity index is 209. The molecule has 1 heterocycles. The molecule has 0 spiro atoms. The number of fused-ring (bicyclic) bond motifs is 1. The van der Waals surface area contributed by atoms with E-state index < -0.39 is 0 Å². The quantitative estimate of drug-likeness (QED) is 0.577. The zero-order valence-electron chi connectivity index (χ0n) is 5.72. The molecule has 1 aliphatic heterocycles. The Morgan fingerprint density at radius 1 is 0.722 bits per heavy atom. The van der Waals surface area contributed by atoms with E-state index in [-0.39, 0.29) is 59.4 Å². The summed E-state index contributed by atoms with van der Waals surface area (Å²) in [6, 6.07) is 8.36. The first kappa shape index (κ1) is 43.5. The van der Waals surface area contributed by atoms with E-state index in [2.05, 4.69) is 34.9 Å². The lowest BCUT2D eigenvalue weighted by molar-refractivity contribution is 0.709. The molecule has 1 aromatic rings. The molecule has 0 bridgehead atoms. The number of anilines is 1. The minimum absolute atomic E-state index is 0. The zero-order chi connectivity index (χ0) is 6.81. The second kappa shape index (κ2) is 21.3. The number of rotatable bonds is 0. The van der Waals surface area contributed by atoms with Gasteiger partial charge in [0.15, 0.2) is 0 Å². The Morgan fingerprint density at radius 3 is 1.72 bits per heavy atom. The molecule has 0 saturated heterocycles. The highest BCUT2D eigenvalue weighted by molar-refractivity contribution is 5.52. The van der Waals surface area contributed by atoms with Crippen LogP contribution in [0.15, 0.2) is 24.3 Å². The predicted molar refractivity (Wildman–Crippen MR) is 95.6 cm³/mol. The van der Waals surface area contributed by atoms with Gasteiger partial charge in [-0.25, -0.2) is 0 Å². The maximum atomic E-state index is 3.25. The van der Waals surface area contributed by atoms with Gasteiger partial charge < -0.3 is 5.32 Å². The largest absolute Gasteiger partial charge is 0.372 e. The van der Waals surface area contributed by atoms with Crippen LogP contribution in [0.2, 0.25) is 0 Å². The molecule has 0 atom stereocenters. The third-order valence-corrected chi connectivity index (χ3v) is 1.74. The van der Waals surface area contributed by atoms with Crippen LogP contribution in [-0.4, -0.2) is 6.67 Å². The molecule has 2 nitrogen and oxygen atoms in total. The van der Waals surface area contributed by atoms with Crippen LogP contribution in [0.1, 0.15) is 65.0 Å². The monoisotopic (exact) mass is 262 g/mol. The molecule has 0 amide bonds. The Hall–Kier alpha value is -1.02. The van der Waals surface area contributed by atoms with Crippen molar-refractivity contribution in [2.24, 2.45) is 0 Å². The number of hydrogen-bond acceptors (Lipinski definition) is 2. The van der Waals surface area contributed by atoms with Gasteiger partial charge in [0.2, 0.25) is 0 Å². The minimum Gasteiger partial charge on any atom is -0.372 e. The van der Waals surface area contributed by atoms with Crippen molar-refractivity contribution in [3.8, 4) is 0 Å². The molecular weight excluding hydrogens is 220 g/mol. The Morgan fingerprint density at radius 2 is 1.22 bits per heavy atom. The maximum absolute atomic E-state index is 3.25. The Kier molecular flexibility index (Phi) is 51.5. The van der Waals surface area contributed by atoms with Gasteiger partial charge in [0.1, 0.15) is 0 Å². The van der Waals surface area contributed by atoms with Gasteiger partial charge in [0.25, 0.3) is 0 Å². The second-order valence-corrected chi connectivity index (χ2v) is 2.44. The molecular formula is C16H42N2. The van der Waals surface area contributed by atoms with Gasteiger partial charge in [-0.3, -0.25) is 5.32 Å². The van der Waals surface area contributed by atoms with Crippen molar-refractivity contribution in [2.75, 3.05) is 12.0 Å². The third-order valence-electron chi connectivity index (χ3n) is 1.74. The topological polar surface area (TPSA) is 24.1 Å². The van der Waals surface area contributed by atoms with Gasteiger partial charge >= 0.3 is 0 Å². The van der Waals surface area contributed by atoms with E-state index in [1.165, 1.54) is 11.3 Å². The van der Waals surface area contributed by atoms with Crippen molar-refractivity contribution >= 4 is 5.69 Å². The number of nitrogens with one attached hydrogen (secondary N) is 2. The standard InChI is InChI=1S/C8H10N2.8CH4/c1-2-4-8-7(3-1)5-9-6-10-8;;;;;;;;/h1-4,9-10H,5-6H2;8*1H4. The average molecular weight is 263 g/mol. The van der Waals surface area contributed by atoms with Crippen LogP contribution >= 0.6 is 0 Å². The lowest BCUT2D eigenvalue weighted by Gasteiger charge is -2.18. The lowest BCUT2D eigenvalue weighted by atomic mass is 10.1. The highest BCUT2D eigenvalue weighted by atomic mass is 15.1. The van der Waals surface area contributed by atoms with Crippen molar-refractivity contribution in [1.82, 2.24) is 5.32 Å². The predicted octanol–water partition coefficient (Wildman–Crippen LogP) is 6.25. The summed E-state index contributed by atoms with van der Waals surface area (Å²) in [5.74, 6) is 0. The molecule has 2 rings (SSSR count). The summed E-state index contributed by atoms with van der Waals surface area (Å²) in [7, 11) is 0. The smallest absolute Gasteiger partial charge is 0.0655 e. The molecule has 1 aliphatic rings. The third kappa shape index (κ3) is 10.2. The van der Waals surface area contributed by atoms with Gasteiger partial charge in [-0.05, 0) is 11.6 Å². The molecule has 0 aliphatic carbocycles. The highest BCUT2D eigenvalue weighted by Gasteiger charge is 2.03. The summed E-state index contributed by atoms with van der Waals surface area (Å²) in [4.78, 5) is 0. The van der Waals surface area contributed by atoms with Crippen LogP contribution in [0.25, 0.3) is 0 Å². The minimum atomic E-state index is 0. The van der Waals surface area contributed by atoms with E-state index in [1.54, 1.807) is 0 Å². The Balaban J connectivity index is -0.0000000302. The van der Waals surface area contributed by atoms with Crippen molar-refractivity contribution in [1.29, 1.82) is 0 Å². The van der Waals surface area contributed by atoms with Gasteiger partial charge in [-0.15, -0.1) is 0 Å². The van der Waals surface area contributed by atoms with Gasteiger partial charge in [0, 0.05) is 12.2 Å². The van der Waals surface area contributed by atoms with Crippen LogP contribution in [0.3, 0.4) is 0 Å². The fourth-order valence-electron chi connectivity index (χ4n) is 1.20. The fourth-order valence-corrected chi connectivity index (χ4v) is 1.20. The zero-order valence-corrected chi connectivity index (χ0v) is 5.72. The molecule has 0 aromatic heterocycles. The van der Waals surface area contributed by atoms with E-state index >= 15 is 0 Å². The van der Waals surface area contributed by atoms with Crippen LogP contribution < -0.4 is 10.6 Å². The number of para-hydroxylation sites is 1. The van der Waals surface area contributed by atoms with Crippen LogP contribution in [-0.2, 0) is 6.54 Å². The molecule has 0 saturated carbocycles. The van der Waals surface area contributed by atoms with Crippen molar-refractivity contribution in [3.63, 3.8) is 0 Å². The molecule has 1 aromatic carbocycles. The maximum Gasteiger partial charge on any atom is 0.0655 e. The van der Waals surface area contributed by atoms with Crippen LogP contribution in [0, 0.1) is 0 Å². The second-order valence-electron chi connectivity index (χ2n) is 2.44.